The maximum Gasteiger partial charge on any atom is 0.129 e. The summed E-state index contributed by atoms with van der Waals surface area (Å²) in [6.07, 6.45) is 0. The van der Waals surface area contributed by atoms with Gasteiger partial charge in [-0.2, -0.15) is 0 Å². The predicted octanol–water partition coefficient (Wildman–Crippen LogP) is 1.96. The molecule has 1 atom stereocenters. The van der Waals surface area contributed by atoms with E-state index in [9.17, 15) is 0 Å². The third-order valence-electron chi connectivity index (χ3n) is 2.64. The molecule has 0 radical (unpaired) electrons. The minimum absolute atomic E-state index is 0.458. The summed E-state index contributed by atoms with van der Waals surface area (Å²) in [6, 6.07) is 6.21. The molecule has 1 fully saturated rings. The SMILES string of the molecule is CC1COCCN1Cc1cccc(Cl)n1. The molecule has 15 heavy (non-hydrogen) atoms. The van der Waals surface area contributed by atoms with Crippen LogP contribution in [-0.4, -0.2) is 35.7 Å². The van der Waals surface area contributed by atoms with E-state index in [0.29, 0.717) is 11.2 Å². The van der Waals surface area contributed by atoms with Gasteiger partial charge < -0.3 is 4.74 Å². The number of morpholine rings is 1. The molecule has 0 spiro atoms. The normalized spacial score (nSPS) is 22.9. The fourth-order valence-corrected chi connectivity index (χ4v) is 1.92. The maximum absolute atomic E-state index is 5.84. The summed E-state index contributed by atoms with van der Waals surface area (Å²) in [7, 11) is 0. The molecule has 4 heteroatoms. The van der Waals surface area contributed by atoms with Crippen LogP contribution in [0, 0.1) is 0 Å². The quantitative estimate of drug-likeness (QED) is 0.721. The van der Waals surface area contributed by atoms with Crippen LogP contribution < -0.4 is 0 Å². The number of rotatable bonds is 2. The highest BCUT2D eigenvalue weighted by Crippen LogP contribution is 2.12. The van der Waals surface area contributed by atoms with Crippen LogP contribution in [0.4, 0.5) is 0 Å². The predicted molar refractivity (Wildman–Crippen MR) is 59.9 cm³/mol. The van der Waals surface area contributed by atoms with E-state index in [4.69, 9.17) is 16.3 Å². The van der Waals surface area contributed by atoms with Crippen molar-refractivity contribution in [3.05, 3.63) is 29.0 Å². The van der Waals surface area contributed by atoms with E-state index in [1.807, 2.05) is 12.1 Å². The van der Waals surface area contributed by atoms with Crippen LogP contribution in [0.3, 0.4) is 0 Å². The van der Waals surface area contributed by atoms with Gasteiger partial charge in [-0.05, 0) is 19.1 Å². The summed E-state index contributed by atoms with van der Waals surface area (Å²) < 4.78 is 5.39. The highest BCUT2D eigenvalue weighted by molar-refractivity contribution is 6.29. The Balaban J connectivity index is 2.01. The molecular formula is C11H15ClN2O. The summed E-state index contributed by atoms with van der Waals surface area (Å²) in [5, 5.41) is 0.563. The van der Waals surface area contributed by atoms with Crippen molar-refractivity contribution >= 4 is 11.6 Å². The molecule has 0 N–H and O–H groups in total. The summed E-state index contributed by atoms with van der Waals surface area (Å²) >= 11 is 5.84. The molecule has 1 aromatic heterocycles. The van der Waals surface area contributed by atoms with Crippen LogP contribution in [0.5, 0.6) is 0 Å². The van der Waals surface area contributed by atoms with E-state index in [1.54, 1.807) is 6.07 Å². The van der Waals surface area contributed by atoms with Crippen molar-refractivity contribution in [1.82, 2.24) is 9.88 Å². The molecule has 2 heterocycles. The van der Waals surface area contributed by atoms with Crippen molar-refractivity contribution in [3.63, 3.8) is 0 Å². The van der Waals surface area contributed by atoms with E-state index < -0.39 is 0 Å². The lowest BCUT2D eigenvalue weighted by Crippen LogP contribution is -2.43. The Labute approximate surface area is 95.0 Å². The van der Waals surface area contributed by atoms with Crippen molar-refractivity contribution in [2.45, 2.75) is 19.5 Å². The molecule has 1 saturated heterocycles. The molecule has 82 valence electrons. The van der Waals surface area contributed by atoms with Crippen LogP contribution in [0.2, 0.25) is 5.15 Å². The first-order valence-corrected chi connectivity index (χ1v) is 5.57. The molecular weight excluding hydrogens is 212 g/mol. The van der Waals surface area contributed by atoms with Gasteiger partial charge in [0.25, 0.3) is 0 Å². The summed E-state index contributed by atoms with van der Waals surface area (Å²) in [5.41, 5.74) is 1.02. The zero-order valence-electron chi connectivity index (χ0n) is 8.82. The van der Waals surface area contributed by atoms with Crippen molar-refractivity contribution in [1.29, 1.82) is 0 Å². The minimum atomic E-state index is 0.458. The third-order valence-corrected chi connectivity index (χ3v) is 2.85. The zero-order valence-corrected chi connectivity index (χ0v) is 9.57. The first-order chi connectivity index (χ1) is 7.25. The number of ether oxygens (including phenoxy) is 1. The van der Waals surface area contributed by atoms with E-state index in [0.717, 1.165) is 32.0 Å². The van der Waals surface area contributed by atoms with Crippen LogP contribution in [0.15, 0.2) is 18.2 Å². The zero-order chi connectivity index (χ0) is 10.7. The number of aromatic nitrogens is 1. The lowest BCUT2D eigenvalue weighted by molar-refractivity contribution is -0.00490. The van der Waals surface area contributed by atoms with Gasteiger partial charge in [-0.15, -0.1) is 0 Å². The van der Waals surface area contributed by atoms with Crippen LogP contribution >= 0.6 is 11.6 Å². The summed E-state index contributed by atoms with van der Waals surface area (Å²) in [6.45, 7) is 5.61. The first kappa shape index (κ1) is 10.9. The van der Waals surface area contributed by atoms with E-state index in [-0.39, 0.29) is 0 Å². The van der Waals surface area contributed by atoms with Gasteiger partial charge in [0.2, 0.25) is 0 Å². The van der Waals surface area contributed by atoms with Crippen LogP contribution in [-0.2, 0) is 11.3 Å². The second-order valence-electron chi connectivity index (χ2n) is 3.85. The smallest absolute Gasteiger partial charge is 0.129 e. The van der Waals surface area contributed by atoms with Gasteiger partial charge in [0.15, 0.2) is 0 Å². The Morgan fingerprint density at radius 3 is 3.20 bits per heavy atom. The number of nitrogens with zero attached hydrogens (tertiary/aromatic N) is 2. The van der Waals surface area contributed by atoms with Crippen molar-refractivity contribution in [2.75, 3.05) is 19.8 Å². The van der Waals surface area contributed by atoms with Crippen molar-refractivity contribution in [2.24, 2.45) is 0 Å². The maximum atomic E-state index is 5.84. The standard InChI is InChI=1S/C11H15ClN2O/c1-9-8-15-6-5-14(9)7-10-3-2-4-11(12)13-10/h2-4,9H,5-8H2,1H3. The fourth-order valence-electron chi connectivity index (χ4n) is 1.74. The topological polar surface area (TPSA) is 25.4 Å². The van der Waals surface area contributed by atoms with Gasteiger partial charge >= 0.3 is 0 Å². The number of pyridine rings is 1. The van der Waals surface area contributed by atoms with Crippen molar-refractivity contribution < 1.29 is 4.74 Å². The fraction of sp³-hybridized carbons (Fsp3) is 0.545. The summed E-state index contributed by atoms with van der Waals surface area (Å²) in [5.74, 6) is 0. The first-order valence-electron chi connectivity index (χ1n) is 5.19. The minimum Gasteiger partial charge on any atom is -0.379 e. The van der Waals surface area contributed by atoms with Gasteiger partial charge in [0.05, 0.1) is 18.9 Å². The lowest BCUT2D eigenvalue weighted by Gasteiger charge is -2.32. The summed E-state index contributed by atoms with van der Waals surface area (Å²) in [4.78, 5) is 6.65. The third kappa shape index (κ3) is 2.91. The molecule has 1 unspecified atom stereocenters. The Hall–Kier alpha value is -0.640. The van der Waals surface area contributed by atoms with Gasteiger partial charge in [-0.25, -0.2) is 4.98 Å². The van der Waals surface area contributed by atoms with Gasteiger partial charge in [0.1, 0.15) is 5.15 Å². The Morgan fingerprint density at radius 2 is 2.47 bits per heavy atom. The van der Waals surface area contributed by atoms with E-state index >= 15 is 0 Å². The average Bonchev–Trinajstić information content (AvgIpc) is 2.22. The molecule has 1 aliphatic rings. The largest absolute Gasteiger partial charge is 0.379 e. The lowest BCUT2D eigenvalue weighted by atomic mass is 10.2. The molecule has 3 nitrogen and oxygen atoms in total. The molecule has 1 aliphatic heterocycles. The Morgan fingerprint density at radius 1 is 1.60 bits per heavy atom. The van der Waals surface area contributed by atoms with Gasteiger partial charge in [-0.3, -0.25) is 4.90 Å². The number of halogens is 1. The molecule has 2 rings (SSSR count). The highest BCUT2D eigenvalue weighted by atomic mass is 35.5. The molecule has 0 aromatic carbocycles. The molecule has 0 saturated carbocycles. The van der Waals surface area contributed by atoms with Gasteiger partial charge in [0, 0.05) is 19.1 Å². The Bertz CT molecular complexity index is 332. The number of hydrogen-bond acceptors (Lipinski definition) is 3. The van der Waals surface area contributed by atoms with Crippen LogP contribution in [0.25, 0.3) is 0 Å². The average molecular weight is 227 g/mol. The monoisotopic (exact) mass is 226 g/mol. The Kier molecular flexibility index (Phi) is 3.57. The molecule has 0 amide bonds. The molecule has 0 aliphatic carbocycles. The van der Waals surface area contributed by atoms with E-state index in [1.165, 1.54) is 0 Å². The second-order valence-corrected chi connectivity index (χ2v) is 4.23. The second kappa shape index (κ2) is 4.92. The molecule has 1 aromatic rings. The van der Waals surface area contributed by atoms with Crippen molar-refractivity contribution in [3.8, 4) is 0 Å². The number of hydrogen-bond donors (Lipinski definition) is 0. The highest BCUT2D eigenvalue weighted by Gasteiger charge is 2.18. The van der Waals surface area contributed by atoms with Crippen LogP contribution in [0.1, 0.15) is 12.6 Å². The molecule has 0 bridgehead atoms. The van der Waals surface area contributed by atoms with E-state index in [2.05, 4.69) is 16.8 Å². The van der Waals surface area contributed by atoms with Gasteiger partial charge in [-0.1, -0.05) is 17.7 Å².